The van der Waals surface area contributed by atoms with E-state index in [1.54, 1.807) is 26.2 Å². The molecule has 0 aliphatic carbocycles. The highest BCUT2D eigenvalue weighted by atomic mass is 32.2. The Kier molecular flexibility index (Phi) is 5.01. The molecule has 0 bridgehead atoms. The maximum Gasteiger partial charge on any atom is 0.293 e. The Hall–Kier alpha value is -3.11. The summed E-state index contributed by atoms with van der Waals surface area (Å²) in [5, 5.41) is 20.3. The van der Waals surface area contributed by atoms with Gasteiger partial charge in [0.15, 0.2) is 0 Å². The quantitative estimate of drug-likeness (QED) is 0.473. The van der Waals surface area contributed by atoms with Gasteiger partial charge in [-0.25, -0.2) is 13.6 Å². The van der Waals surface area contributed by atoms with Crippen molar-refractivity contribution in [3.63, 3.8) is 0 Å². The maximum absolute atomic E-state index is 11.5. The third-order valence-electron chi connectivity index (χ3n) is 4.44. The number of benzene rings is 2. The summed E-state index contributed by atoms with van der Waals surface area (Å²) in [4.78, 5) is 10.4. The Labute approximate surface area is 161 Å². The highest BCUT2D eigenvalue weighted by molar-refractivity contribution is 7.89. The zero-order valence-corrected chi connectivity index (χ0v) is 16.2. The molecular weight excluding hydrogens is 386 g/mol. The van der Waals surface area contributed by atoms with Gasteiger partial charge in [0, 0.05) is 17.0 Å². The number of methoxy groups -OCH3 is 1. The van der Waals surface area contributed by atoms with Gasteiger partial charge in [-0.05, 0) is 44.2 Å². The minimum absolute atomic E-state index is 0.155. The summed E-state index contributed by atoms with van der Waals surface area (Å²) >= 11 is 0. The molecule has 10 heteroatoms. The number of hydrogen-bond acceptors (Lipinski definition) is 7. The summed E-state index contributed by atoms with van der Waals surface area (Å²) in [5.41, 5.74) is 1.30. The molecule has 2 aromatic carbocycles. The Morgan fingerprint density at radius 1 is 1.25 bits per heavy atom. The molecule has 1 atom stereocenters. The van der Waals surface area contributed by atoms with Crippen LogP contribution < -0.4 is 15.2 Å². The predicted molar refractivity (Wildman–Crippen MR) is 104 cm³/mol. The molecule has 1 unspecified atom stereocenters. The number of furan rings is 1. The normalized spacial score (nSPS) is 12.7. The Bertz CT molecular complexity index is 1170. The minimum Gasteiger partial charge on any atom is -0.497 e. The molecule has 0 aliphatic rings. The first-order valence-corrected chi connectivity index (χ1v) is 9.81. The van der Waals surface area contributed by atoms with Gasteiger partial charge in [-0.15, -0.1) is 0 Å². The number of nitrogens with two attached hydrogens (primary N) is 1. The van der Waals surface area contributed by atoms with Crippen molar-refractivity contribution in [2.24, 2.45) is 5.14 Å². The molecule has 1 heterocycles. The van der Waals surface area contributed by atoms with E-state index in [9.17, 15) is 18.5 Å². The van der Waals surface area contributed by atoms with Crippen molar-refractivity contribution in [3.8, 4) is 5.75 Å². The summed E-state index contributed by atoms with van der Waals surface area (Å²) in [6, 6.07) is 8.47. The van der Waals surface area contributed by atoms with Crippen LogP contribution in [0.25, 0.3) is 11.0 Å². The molecule has 1 aromatic heterocycles. The lowest BCUT2D eigenvalue weighted by Gasteiger charge is -2.14. The van der Waals surface area contributed by atoms with Crippen molar-refractivity contribution in [3.05, 3.63) is 57.8 Å². The first-order valence-electron chi connectivity index (χ1n) is 8.26. The number of hydrogen-bond donors (Lipinski definition) is 2. The summed E-state index contributed by atoms with van der Waals surface area (Å²) in [5.74, 6) is 1.30. The SMILES string of the molecule is COc1ccc2oc(C(C)Nc3ccc(S(N)(=O)=O)cc3[N+](=O)[O-])c(C)c2c1. The topological polar surface area (TPSA) is 138 Å². The number of ether oxygens (including phenoxy) is 1. The zero-order valence-electron chi connectivity index (χ0n) is 15.4. The van der Waals surface area contributed by atoms with E-state index in [-0.39, 0.29) is 10.6 Å². The molecule has 0 radical (unpaired) electrons. The van der Waals surface area contributed by atoms with E-state index in [2.05, 4.69) is 5.32 Å². The van der Waals surface area contributed by atoms with E-state index < -0.39 is 26.7 Å². The van der Waals surface area contributed by atoms with Crippen molar-refractivity contribution < 1.29 is 22.5 Å². The number of rotatable bonds is 6. The first-order chi connectivity index (χ1) is 13.1. The summed E-state index contributed by atoms with van der Waals surface area (Å²) in [6.07, 6.45) is 0. The molecule has 0 amide bonds. The Morgan fingerprint density at radius 2 is 1.96 bits per heavy atom. The fraction of sp³-hybridized carbons (Fsp3) is 0.222. The van der Waals surface area contributed by atoms with E-state index in [0.29, 0.717) is 17.1 Å². The molecule has 3 N–H and O–H groups in total. The standard InChI is InChI=1S/C18H19N3O6S/c1-10-14-8-12(26-3)4-7-17(14)27-18(10)11(2)20-15-6-5-13(28(19,24)25)9-16(15)21(22)23/h4-9,11,20H,1-3H3,(H2,19,24,25). The van der Waals surface area contributed by atoms with Crippen molar-refractivity contribution in [1.82, 2.24) is 0 Å². The number of nitrogens with zero attached hydrogens (tertiary/aromatic N) is 1. The lowest BCUT2D eigenvalue weighted by molar-refractivity contribution is -0.384. The molecule has 0 spiro atoms. The zero-order chi connectivity index (χ0) is 20.6. The van der Waals surface area contributed by atoms with E-state index >= 15 is 0 Å². The van der Waals surface area contributed by atoms with E-state index in [1.807, 2.05) is 13.0 Å². The van der Waals surface area contributed by atoms with Crippen molar-refractivity contribution in [2.45, 2.75) is 24.8 Å². The average Bonchev–Trinajstić information content (AvgIpc) is 2.97. The van der Waals surface area contributed by atoms with Gasteiger partial charge in [0.25, 0.3) is 5.69 Å². The Balaban J connectivity index is 1.99. The van der Waals surface area contributed by atoms with E-state index in [4.69, 9.17) is 14.3 Å². The van der Waals surface area contributed by atoms with Gasteiger partial charge in [0.05, 0.1) is 23.0 Å². The van der Waals surface area contributed by atoms with Crippen LogP contribution in [0.15, 0.2) is 45.7 Å². The van der Waals surface area contributed by atoms with Gasteiger partial charge in [0.2, 0.25) is 10.0 Å². The molecule has 0 saturated heterocycles. The van der Waals surface area contributed by atoms with Crippen LogP contribution >= 0.6 is 0 Å². The van der Waals surface area contributed by atoms with Crippen LogP contribution in [-0.2, 0) is 10.0 Å². The second-order valence-electron chi connectivity index (χ2n) is 6.30. The average molecular weight is 405 g/mol. The lowest BCUT2D eigenvalue weighted by atomic mass is 10.1. The van der Waals surface area contributed by atoms with Crippen LogP contribution in [0, 0.1) is 17.0 Å². The number of nitrogens with one attached hydrogen (secondary N) is 1. The van der Waals surface area contributed by atoms with Crippen molar-refractivity contribution in [2.75, 3.05) is 12.4 Å². The largest absolute Gasteiger partial charge is 0.497 e. The molecule has 3 aromatic rings. The third-order valence-corrected chi connectivity index (χ3v) is 5.35. The summed E-state index contributed by atoms with van der Waals surface area (Å²) in [7, 11) is -2.47. The van der Waals surface area contributed by atoms with Gasteiger partial charge in [0.1, 0.15) is 22.8 Å². The van der Waals surface area contributed by atoms with Crippen molar-refractivity contribution in [1.29, 1.82) is 0 Å². The van der Waals surface area contributed by atoms with Gasteiger partial charge >= 0.3 is 0 Å². The van der Waals surface area contributed by atoms with Crippen LogP contribution in [-0.4, -0.2) is 20.5 Å². The molecule has 9 nitrogen and oxygen atoms in total. The second-order valence-corrected chi connectivity index (χ2v) is 7.86. The van der Waals surface area contributed by atoms with Crippen LogP contribution in [0.5, 0.6) is 5.75 Å². The molecule has 148 valence electrons. The summed E-state index contributed by atoms with van der Waals surface area (Å²) in [6.45, 7) is 3.68. The molecule has 0 saturated carbocycles. The number of primary sulfonamides is 1. The second kappa shape index (κ2) is 7.13. The van der Waals surface area contributed by atoms with Gasteiger partial charge in [-0.2, -0.15) is 0 Å². The minimum atomic E-state index is -4.05. The van der Waals surface area contributed by atoms with Crippen LogP contribution in [0.2, 0.25) is 0 Å². The number of nitro benzene ring substituents is 1. The van der Waals surface area contributed by atoms with Gasteiger partial charge in [-0.3, -0.25) is 10.1 Å². The highest BCUT2D eigenvalue weighted by Crippen LogP contribution is 2.35. The molecule has 3 rings (SSSR count). The van der Waals surface area contributed by atoms with Gasteiger partial charge < -0.3 is 14.5 Å². The lowest BCUT2D eigenvalue weighted by Crippen LogP contribution is -2.13. The highest BCUT2D eigenvalue weighted by Gasteiger charge is 2.23. The van der Waals surface area contributed by atoms with Crippen molar-refractivity contribution >= 4 is 32.4 Å². The van der Waals surface area contributed by atoms with E-state index in [1.165, 1.54) is 12.1 Å². The molecule has 28 heavy (non-hydrogen) atoms. The number of nitro groups is 1. The van der Waals surface area contributed by atoms with Crippen LogP contribution in [0.3, 0.4) is 0 Å². The molecule has 0 fully saturated rings. The van der Waals surface area contributed by atoms with Crippen LogP contribution in [0.4, 0.5) is 11.4 Å². The smallest absolute Gasteiger partial charge is 0.293 e. The van der Waals surface area contributed by atoms with E-state index in [0.717, 1.165) is 17.0 Å². The fourth-order valence-corrected chi connectivity index (χ4v) is 3.55. The predicted octanol–water partition coefficient (Wildman–Crippen LogP) is 3.48. The summed E-state index contributed by atoms with van der Waals surface area (Å²) < 4.78 is 34.1. The van der Waals surface area contributed by atoms with Gasteiger partial charge in [-0.1, -0.05) is 0 Å². The maximum atomic E-state index is 11.5. The fourth-order valence-electron chi connectivity index (χ4n) is 3.02. The first kappa shape index (κ1) is 19.6. The monoisotopic (exact) mass is 405 g/mol. The van der Waals surface area contributed by atoms with Crippen LogP contribution in [0.1, 0.15) is 24.3 Å². The number of aryl methyl sites for hydroxylation is 1. The Morgan fingerprint density at radius 3 is 2.57 bits per heavy atom. The number of sulfonamides is 1. The number of anilines is 1. The number of fused-ring (bicyclic) bond motifs is 1. The third kappa shape index (κ3) is 3.64. The molecule has 0 aliphatic heterocycles. The molecular formula is C18H19N3O6S.